The first kappa shape index (κ1) is 17.2. The summed E-state index contributed by atoms with van der Waals surface area (Å²) in [4.78, 5) is 45.6. The molecule has 0 atom stereocenters. The van der Waals surface area contributed by atoms with E-state index >= 15 is 0 Å². The SMILES string of the molecule is Cl.O=C(O)CNC(=O)C1C(=O)OC2(CCNCC2)OC1=O. The number of piperidine rings is 1. The Kier molecular flexibility index (Phi) is 5.50. The highest BCUT2D eigenvalue weighted by atomic mass is 35.5. The second-order valence-electron chi connectivity index (χ2n) is 4.55. The number of carboxylic acids is 1. The lowest BCUT2D eigenvalue weighted by Crippen LogP contribution is -2.57. The highest BCUT2D eigenvalue weighted by molar-refractivity contribution is 6.15. The predicted molar refractivity (Wildman–Crippen MR) is 68.4 cm³/mol. The Balaban J connectivity index is 0.00000220. The summed E-state index contributed by atoms with van der Waals surface area (Å²) in [6.45, 7) is 0.359. The van der Waals surface area contributed by atoms with E-state index in [1.807, 2.05) is 5.32 Å². The molecule has 2 heterocycles. The van der Waals surface area contributed by atoms with Crippen molar-refractivity contribution in [3.63, 3.8) is 0 Å². The van der Waals surface area contributed by atoms with Gasteiger partial charge >= 0.3 is 17.9 Å². The number of halogens is 1. The summed E-state index contributed by atoms with van der Waals surface area (Å²) in [6.07, 6.45) is 0.627. The Morgan fingerprint density at radius 2 is 1.76 bits per heavy atom. The summed E-state index contributed by atoms with van der Waals surface area (Å²) in [5.74, 6) is -7.41. The smallest absolute Gasteiger partial charge is 0.333 e. The van der Waals surface area contributed by atoms with Crippen molar-refractivity contribution in [1.29, 1.82) is 0 Å². The van der Waals surface area contributed by atoms with E-state index in [1.54, 1.807) is 0 Å². The van der Waals surface area contributed by atoms with Crippen LogP contribution >= 0.6 is 12.4 Å². The molecule has 0 unspecified atom stereocenters. The molecule has 3 N–H and O–H groups in total. The van der Waals surface area contributed by atoms with Gasteiger partial charge in [0.05, 0.1) is 0 Å². The van der Waals surface area contributed by atoms with Gasteiger partial charge in [-0.3, -0.25) is 19.2 Å². The Morgan fingerprint density at radius 3 is 2.24 bits per heavy atom. The number of nitrogens with one attached hydrogen (secondary N) is 2. The van der Waals surface area contributed by atoms with Crippen molar-refractivity contribution in [3.8, 4) is 0 Å². The highest BCUT2D eigenvalue weighted by Crippen LogP contribution is 2.31. The molecule has 2 aliphatic heterocycles. The minimum Gasteiger partial charge on any atom is -0.480 e. The molecule has 1 spiro atoms. The van der Waals surface area contributed by atoms with Crippen molar-refractivity contribution in [1.82, 2.24) is 10.6 Å². The molecule has 10 heteroatoms. The normalized spacial score (nSPS) is 21.0. The Bertz CT molecular complexity index is 441. The Hall–Kier alpha value is -1.87. The standard InChI is InChI=1S/C11H14N2O7.ClH/c14-6(15)5-13-8(16)7-9(17)19-11(20-10(7)18)1-3-12-4-2-11;/h7,12H,1-5H2,(H,13,16)(H,14,15);1H. The molecule has 0 aromatic carbocycles. The molecule has 0 bridgehead atoms. The summed E-state index contributed by atoms with van der Waals surface area (Å²) in [5, 5.41) is 13.4. The van der Waals surface area contributed by atoms with Crippen LogP contribution in [-0.2, 0) is 28.7 Å². The largest absolute Gasteiger partial charge is 0.480 e. The van der Waals surface area contributed by atoms with Crippen molar-refractivity contribution in [2.75, 3.05) is 19.6 Å². The van der Waals surface area contributed by atoms with E-state index in [-0.39, 0.29) is 12.4 Å². The van der Waals surface area contributed by atoms with E-state index in [2.05, 4.69) is 5.32 Å². The predicted octanol–water partition coefficient (Wildman–Crippen LogP) is -1.60. The number of hydrogen-bond donors (Lipinski definition) is 3. The zero-order valence-corrected chi connectivity index (χ0v) is 11.7. The van der Waals surface area contributed by atoms with Gasteiger partial charge in [0.25, 0.3) is 5.79 Å². The van der Waals surface area contributed by atoms with Gasteiger partial charge in [-0.2, -0.15) is 0 Å². The molecule has 2 saturated heterocycles. The zero-order chi connectivity index (χ0) is 14.8. The Morgan fingerprint density at radius 1 is 1.24 bits per heavy atom. The molecule has 2 aliphatic rings. The number of rotatable bonds is 3. The molecular weight excluding hydrogens is 308 g/mol. The van der Waals surface area contributed by atoms with Gasteiger partial charge in [-0.15, -0.1) is 12.4 Å². The summed E-state index contributed by atoms with van der Waals surface area (Å²) in [7, 11) is 0. The van der Waals surface area contributed by atoms with Crippen LogP contribution in [0, 0.1) is 5.92 Å². The lowest BCUT2D eigenvalue weighted by molar-refractivity contribution is -0.257. The fourth-order valence-electron chi connectivity index (χ4n) is 2.09. The molecule has 0 aliphatic carbocycles. The molecule has 0 aromatic rings. The second-order valence-corrected chi connectivity index (χ2v) is 4.55. The van der Waals surface area contributed by atoms with E-state index in [9.17, 15) is 19.2 Å². The Labute approximate surface area is 125 Å². The molecule has 21 heavy (non-hydrogen) atoms. The first-order valence-corrected chi connectivity index (χ1v) is 6.09. The van der Waals surface area contributed by atoms with E-state index in [1.165, 1.54) is 0 Å². The number of carbonyl (C=O) groups excluding carboxylic acids is 3. The number of esters is 2. The van der Waals surface area contributed by atoms with E-state index < -0.39 is 42.1 Å². The third-order valence-corrected chi connectivity index (χ3v) is 3.09. The number of aliphatic carboxylic acids is 1. The minimum atomic E-state index is -1.77. The average molecular weight is 323 g/mol. The number of carbonyl (C=O) groups is 4. The molecule has 0 aromatic heterocycles. The molecule has 1 amide bonds. The maximum atomic E-state index is 11.8. The highest BCUT2D eigenvalue weighted by Gasteiger charge is 2.52. The van der Waals surface area contributed by atoms with Crippen LogP contribution in [0.1, 0.15) is 12.8 Å². The number of hydrogen-bond acceptors (Lipinski definition) is 7. The third kappa shape index (κ3) is 3.82. The van der Waals surface area contributed by atoms with E-state index in [4.69, 9.17) is 14.6 Å². The summed E-state index contributed by atoms with van der Waals surface area (Å²) in [5.41, 5.74) is 0. The third-order valence-electron chi connectivity index (χ3n) is 3.09. The van der Waals surface area contributed by atoms with Crippen molar-refractivity contribution >= 4 is 36.2 Å². The van der Waals surface area contributed by atoms with Crippen molar-refractivity contribution < 1.29 is 33.8 Å². The van der Waals surface area contributed by atoms with Gasteiger partial charge in [0, 0.05) is 25.9 Å². The van der Waals surface area contributed by atoms with Gasteiger partial charge < -0.3 is 25.2 Å². The average Bonchev–Trinajstić information content (AvgIpc) is 2.36. The number of ether oxygens (including phenoxy) is 2. The second kappa shape index (κ2) is 6.72. The van der Waals surface area contributed by atoms with Crippen molar-refractivity contribution in [3.05, 3.63) is 0 Å². The molecule has 118 valence electrons. The molecule has 9 nitrogen and oxygen atoms in total. The minimum absolute atomic E-state index is 0. The fraction of sp³-hybridized carbons (Fsp3) is 0.636. The van der Waals surface area contributed by atoms with Crippen molar-refractivity contribution in [2.45, 2.75) is 18.6 Å². The summed E-state index contributed by atoms with van der Waals surface area (Å²) >= 11 is 0. The van der Waals surface area contributed by atoms with Gasteiger partial charge in [-0.1, -0.05) is 0 Å². The van der Waals surface area contributed by atoms with Crippen LogP contribution in [0.2, 0.25) is 0 Å². The van der Waals surface area contributed by atoms with Gasteiger partial charge in [0.1, 0.15) is 6.54 Å². The maximum Gasteiger partial charge on any atom is 0.333 e. The van der Waals surface area contributed by atoms with Gasteiger partial charge in [0.2, 0.25) is 11.8 Å². The monoisotopic (exact) mass is 322 g/mol. The molecular formula is C11H15ClN2O7. The molecule has 0 saturated carbocycles. The summed E-state index contributed by atoms with van der Waals surface area (Å²) in [6, 6.07) is 0. The van der Waals surface area contributed by atoms with Gasteiger partial charge in [0.15, 0.2) is 0 Å². The van der Waals surface area contributed by atoms with Crippen LogP contribution in [0.25, 0.3) is 0 Å². The lowest BCUT2D eigenvalue weighted by Gasteiger charge is -2.40. The summed E-state index contributed by atoms with van der Waals surface area (Å²) < 4.78 is 10.2. The maximum absolute atomic E-state index is 11.8. The molecule has 2 rings (SSSR count). The van der Waals surface area contributed by atoms with Gasteiger partial charge in [-0.25, -0.2) is 0 Å². The first-order chi connectivity index (χ1) is 9.43. The van der Waals surface area contributed by atoms with Crippen LogP contribution in [0.4, 0.5) is 0 Å². The number of amides is 1. The topological polar surface area (TPSA) is 131 Å². The fourth-order valence-corrected chi connectivity index (χ4v) is 2.09. The number of carboxylic acid groups (broad SMARTS) is 1. The van der Waals surface area contributed by atoms with Crippen molar-refractivity contribution in [2.24, 2.45) is 5.92 Å². The van der Waals surface area contributed by atoms with Crippen LogP contribution in [0.15, 0.2) is 0 Å². The molecule has 2 fully saturated rings. The molecule has 0 radical (unpaired) electrons. The van der Waals surface area contributed by atoms with Crippen LogP contribution in [0.3, 0.4) is 0 Å². The van der Waals surface area contributed by atoms with Crippen LogP contribution < -0.4 is 10.6 Å². The van der Waals surface area contributed by atoms with E-state index in [0.717, 1.165) is 0 Å². The first-order valence-electron chi connectivity index (χ1n) is 6.09. The van der Waals surface area contributed by atoms with Crippen LogP contribution in [0.5, 0.6) is 0 Å². The lowest BCUT2D eigenvalue weighted by atomic mass is 10.0. The van der Waals surface area contributed by atoms with Crippen LogP contribution in [-0.4, -0.2) is 54.3 Å². The zero-order valence-electron chi connectivity index (χ0n) is 10.9. The quantitative estimate of drug-likeness (QED) is 0.418. The van der Waals surface area contributed by atoms with E-state index in [0.29, 0.717) is 25.9 Å². The van der Waals surface area contributed by atoms with Gasteiger partial charge in [-0.05, 0) is 0 Å².